The molecule has 0 spiro atoms. The standard InChI is InChI=1S/C19H14FN5O2/c20-15-6-1-2-7-17(15)27-11-19(26)22-14-5-3-4-13(10-14)16-8-9-18-23-21-12-25(18)24-16/h1-10,12H,11H2,(H,22,26). The molecule has 0 aliphatic heterocycles. The van der Waals surface area contributed by atoms with E-state index in [1.807, 2.05) is 18.2 Å². The lowest BCUT2D eigenvalue weighted by atomic mass is 10.1. The number of benzene rings is 2. The molecule has 2 aromatic carbocycles. The normalized spacial score (nSPS) is 10.7. The number of amides is 1. The summed E-state index contributed by atoms with van der Waals surface area (Å²) < 4.78 is 20.3. The summed E-state index contributed by atoms with van der Waals surface area (Å²) in [6.07, 6.45) is 1.52. The van der Waals surface area contributed by atoms with Crippen LogP contribution in [-0.4, -0.2) is 32.3 Å². The van der Waals surface area contributed by atoms with Crippen LogP contribution in [0.4, 0.5) is 10.1 Å². The molecular formula is C19H14FN5O2. The Hall–Kier alpha value is -3.81. The number of rotatable bonds is 5. The molecule has 7 nitrogen and oxygen atoms in total. The van der Waals surface area contributed by atoms with Gasteiger partial charge in [0.25, 0.3) is 5.91 Å². The largest absolute Gasteiger partial charge is 0.481 e. The van der Waals surface area contributed by atoms with Crippen molar-refractivity contribution in [2.45, 2.75) is 0 Å². The van der Waals surface area contributed by atoms with Crippen molar-refractivity contribution in [1.29, 1.82) is 0 Å². The third-order valence-corrected chi connectivity index (χ3v) is 3.80. The zero-order valence-electron chi connectivity index (χ0n) is 14.0. The first kappa shape index (κ1) is 16.6. The van der Waals surface area contributed by atoms with Crippen molar-refractivity contribution >= 4 is 17.2 Å². The number of aromatic nitrogens is 4. The molecule has 2 aromatic heterocycles. The van der Waals surface area contributed by atoms with E-state index in [1.165, 1.54) is 18.5 Å². The summed E-state index contributed by atoms with van der Waals surface area (Å²) in [6, 6.07) is 16.8. The van der Waals surface area contributed by atoms with Gasteiger partial charge >= 0.3 is 0 Å². The molecule has 8 heteroatoms. The second-order valence-electron chi connectivity index (χ2n) is 5.70. The molecular weight excluding hydrogens is 349 g/mol. The van der Waals surface area contributed by atoms with E-state index in [1.54, 1.807) is 34.8 Å². The molecule has 0 aliphatic rings. The molecule has 0 saturated heterocycles. The first-order valence-electron chi connectivity index (χ1n) is 8.14. The van der Waals surface area contributed by atoms with Gasteiger partial charge in [0.15, 0.2) is 23.8 Å². The number of hydrogen-bond donors (Lipinski definition) is 1. The lowest BCUT2D eigenvalue weighted by Crippen LogP contribution is -2.20. The van der Waals surface area contributed by atoms with Crippen LogP contribution >= 0.6 is 0 Å². The number of carbonyl (C=O) groups excluding carboxylic acids is 1. The third kappa shape index (κ3) is 3.74. The molecule has 4 aromatic rings. The fourth-order valence-corrected chi connectivity index (χ4v) is 2.54. The van der Waals surface area contributed by atoms with Gasteiger partial charge in [-0.15, -0.1) is 10.2 Å². The van der Waals surface area contributed by atoms with Crippen LogP contribution in [0.3, 0.4) is 0 Å². The highest BCUT2D eigenvalue weighted by Gasteiger charge is 2.08. The molecule has 2 heterocycles. The molecule has 4 rings (SSSR count). The van der Waals surface area contributed by atoms with Gasteiger partial charge in [-0.05, 0) is 36.4 Å². The van der Waals surface area contributed by atoms with Gasteiger partial charge in [0, 0.05) is 11.3 Å². The van der Waals surface area contributed by atoms with E-state index >= 15 is 0 Å². The SMILES string of the molecule is O=C(COc1ccccc1F)Nc1cccc(-c2ccc3nncn3n2)c1. The van der Waals surface area contributed by atoms with Gasteiger partial charge in [0.05, 0.1) is 5.69 Å². The first-order chi connectivity index (χ1) is 13.2. The molecule has 0 bridgehead atoms. The average molecular weight is 363 g/mol. The van der Waals surface area contributed by atoms with Crippen LogP contribution in [0.2, 0.25) is 0 Å². The Labute approximate surface area is 153 Å². The van der Waals surface area contributed by atoms with Crippen molar-refractivity contribution in [1.82, 2.24) is 19.8 Å². The van der Waals surface area contributed by atoms with E-state index in [4.69, 9.17) is 4.74 Å². The lowest BCUT2D eigenvalue weighted by Gasteiger charge is -2.09. The first-order valence-corrected chi connectivity index (χ1v) is 8.14. The minimum Gasteiger partial charge on any atom is -0.481 e. The number of ether oxygens (including phenoxy) is 1. The van der Waals surface area contributed by atoms with Gasteiger partial charge in [-0.3, -0.25) is 4.79 Å². The summed E-state index contributed by atoms with van der Waals surface area (Å²) in [7, 11) is 0. The number of nitrogens with one attached hydrogen (secondary N) is 1. The molecule has 1 N–H and O–H groups in total. The molecule has 27 heavy (non-hydrogen) atoms. The second kappa shape index (κ2) is 7.20. The fraction of sp³-hybridized carbons (Fsp3) is 0.0526. The number of fused-ring (bicyclic) bond motifs is 1. The van der Waals surface area contributed by atoms with Crippen LogP contribution < -0.4 is 10.1 Å². The molecule has 134 valence electrons. The van der Waals surface area contributed by atoms with Crippen molar-refractivity contribution < 1.29 is 13.9 Å². The number of nitrogens with zero attached hydrogens (tertiary/aromatic N) is 4. The maximum Gasteiger partial charge on any atom is 0.262 e. The molecule has 0 saturated carbocycles. The monoisotopic (exact) mass is 363 g/mol. The molecule has 0 fully saturated rings. The summed E-state index contributed by atoms with van der Waals surface area (Å²) in [5.41, 5.74) is 2.76. The van der Waals surface area contributed by atoms with E-state index < -0.39 is 11.7 Å². The Kier molecular flexibility index (Phi) is 4.44. The van der Waals surface area contributed by atoms with E-state index in [0.717, 1.165) is 5.56 Å². The summed E-state index contributed by atoms with van der Waals surface area (Å²) in [6.45, 7) is -0.296. The van der Waals surface area contributed by atoms with Crippen molar-refractivity contribution in [2.75, 3.05) is 11.9 Å². The van der Waals surface area contributed by atoms with Gasteiger partial charge in [-0.2, -0.15) is 9.61 Å². The maximum absolute atomic E-state index is 13.5. The van der Waals surface area contributed by atoms with E-state index in [2.05, 4.69) is 20.6 Å². The highest BCUT2D eigenvalue weighted by Crippen LogP contribution is 2.21. The predicted molar refractivity (Wildman–Crippen MR) is 96.7 cm³/mol. The van der Waals surface area contributed by atoms with E-state index in [0.29, 0.717) is 17.0 Å². The number of halogens is 1. The molecule has 0 unspecified atom stereocenters. The van der Waals surface area contributed by atoms with Crippen molar-refractivity contribution in [3.05, 3.63) is 72.8 Å². The van der Waals surface area contributed by atoms with Crippen molar-refractivity contribution in [3.8, 4) is 17.0 Å². The molecule has 0 aliphatic carbocycles. The zero-order chi connectivity index (χ0) is 18.6. The van der Waals surface area contributed by atoms with Crippen LogP contribution in [0.1, 0.15) is 0 Å². The fourth-order valence-electron chi connectivity index (χ4n) is 2.54. The van der Waals surface area contributed by atoms with Crippen LogP contribution in [0, 0.1) is 5.82 Å². The van der Waals surface area contributed by atoms with Crippen LogP contribution in [0.25, 0.3) is 16.9 Å². The predicted octanol–water partition coefficient (Wildman–Crippen LogP) is 2.95. The summed E-state index contributed by atoms with van der Waals surface area (Å²) in [5, 5.41) is 14.9. The lowest BCUT2D eigenvalue weighted by molar-refractivity contribution is -0.118. The zero-order valence-corrected chi connectivity index (χ0v) is 14.0. The third-order valence-electron chi connectivity index (χ3n) is 3.80. The molecule has 0 atom stereocenters. The molecule has 0 radical (unpaired) electrons. The van der Waals surface area contributed by atoms with Crippen molar-refractivity contribution in [2.24, 2.45) is 0 Å². The van der Waals surface area contributed by atoms with Crippen LogP contribution in [-0.2, 0) is 4.79 Å². The van der Waals surface area contributed by atoms with Gasteiger partial charge < -0.3 is 10.1 Å². The van der Waals surface area contributed by atoms with Crippen LogP contribution in [0.5, 0.6) is 5.75 Å². The quantitative estimate of drug-likeness (QED) is 0.590. The highest BCUT2D eigenvalue weighted by atomic mass is 19.1. The van der Waals surface area contributed by atoms with Gasteiger partial charge in [0.2, 0.25) is 0 Å². The maximum atomic E-state index is 13.5. The second-order valence-corrected chi connectivity index (χ2v) is 5.70. The van der Waals surface area contributed by atoms with Gasteiger partial charge in [0.1, 0.15) is 6.33 Å². The number of hydrogen-bond acceptors (Lipinski definition) is 5. The summed E-state index contributed by atoms with van der Waals surface area (Å²) >= 11 is 0. The summed E-state index contributed by atoms with van der Waals surface area (Å²) in [5.74, 6) is -0.867. The molecule has 1 amide bonds. The minimum absolute atomic E-state index is 0.0350. The van der Waals surface area contributed by atoms with Gasteiger partial charge in [-0.25, -0.2) is 4.39 Å². The topological polar surface area (TPSA) is 81.4 Å². The van der Waals surface area contributed by atoms with Crippen LogP contribution in [0.15, 0.2) is 67.0 Å². The Balaban J connectivity index is 1.45. The average Bonchev–Trinajstić information content (AvgIpc) is 3.15. The van der Waals surface area contributed by atoms with E-state index in [9.17, 15) is 9.18 Å². The Morgan fingerprint density at radius 2 is 2.00 bits per heavy atom. The Morgan fingerprint density at radius 3 is 2.89 bits per heavy atom. The Morgan fingerprint density at radius 1 is 1.11 bits per heavy atom. The number of carbonyl (C=O) groups is 1. The number of para-hydroxylation sites is 1. The van der Waals surface area contributed by atoms with Crippen molar-refractivity contribution in [3.63, 3.8) is 0 Å². The highest BCUT2D eigenvalue weighted by molar-refractivity contribution is 5.92. The Bertz CT molecular complexity index is 1110. The summed E-state index contributed by atoms with van der Waals surface area (Å²) in [4.78, 5) is 12.1. The van der Waals surface area contributed by atoms with Gasteiger partial charge in [-0.1, -0.05) is 24.3 Å². The number of anilines is 1. The minimum atomic E-state index is -0.511. The van der Waals surface area contributed by atoms with E-state index in [-0.39, 0.29) is 12.4 Å². The smallest absolute Gasteiger partial charge is 0.262 e.